The quantitative estimate of drug-likeness (QED) is 0.738. The Morgan fingerprint density at radius 2 is 2.14 bits per heavy atom. The predicted molar refractivity (Wildman–Crippen MR) is 51.7 cm³/mol. The molecule has 0 radical (unpaired) electrons. The van der Waals surface area contributed by atoms with E-state index in [9.17, 15) is 4.79 Å². The van der Waals surface area contributed by atoms with Crippen molar-refractivity contribution in [3.63, 3.8) is 0 Å². The first kappa shape index (κ1) is 10.8. The van der Waals surface area contributed by atoms with Crippen LogP contribution in [-0.2, 0) is 4.84 Å². The molecule has 0 fully saturated rings. The first-order valence-corrected chi connectivity index (χ1v) is 4.42. The van der Waals surface area contributed by atoms with Gasteiger partial charge in [-0.15, -0.1) is 0 Å². The molecule has 78 valence electrons. The van der Waals surface area contributed by atoms with Gasteiger partial charge in [-0.05, 0) is 33.8 Å². The van der Waals surface area contributed by atoms with Crippen molar-refractivity contribution in [3.05, 3.63) is 23.7 Å². The van der Waals surface area contributed by atoms with Gasteiger partial charge in [-0.3, -0.25) is 9.63 Å². The van der Waals surface area contributed by atoms with Gasteiger partial charge in [0.1, 0.15) is 5.76 Å². The molecule has 0 unspecified atom stereocenters. The zero-order chi connectivity index (χ0) is 10.8. The van der Waals surface area contributed by atoms with Gasteiger partial charge in [0.15, 0.2) is 0 Å². The summed E-state index contributed by atoms with van der Waals surface area (Å²) in [6, 6.07) is 1.61. The molecular formula is C10H15NO3. The summed E-state index contributed by atoms with van der Waals surface area (Å²) in [5, 5.41) is 0. The number of rotatable bonds is 2. The minimum atomic E-state index is -0.396. The standard InChI is InChI=1S/C10H15NO3/c1-7-8(5-6-13-7)9(12)11-14-10(2,3)4/h5-6H,1-4H3,(H,11,12). The maximum Gasteiger partial charge on any atom is 0.278 e. The third-order valence-corrected chi connectivity index (χ3v) is 1.55. The minimum absolute atomic E-state index is 0.286. The van der Waals surface area contributed by atoms with Gasteiger partial charge in [-0.2, -0.15) is 0 Å². The number of hydroxylamine groups is 1. The summed E-state index contributed by atoms with van der Waals surface area (Å²) >= 11 is 0. The largest absolute Gasteiger partial charge is 0.469 e. The molecule has 0 aromatic carbocycles. The second-order valence-corrected chi connectivity index (χ2v) is 4.04. The normalized spacial score (nSPS) is 11.4. The van der Waals surface area contributed by atoms with Gasteiger partial charge >= 0.3 is 0 Å². The summed E-state index contributed by atoms with van der Waals surface area (Å²) in [5.41, 5.74) is 2.47. The van der Waals surface area contributed by atoms with Crippen LogP contribution in [0.5, 0.6) is 0 Å². The number of carbonyl (C=O) groups excluding carboxylic acids is 1. The summed E-state index contributed by atoms with van der Waals surface area (Å²) in [6.45, 7) is 7.30. The fourth-order valence-electron chi connectivity index (χ4n) is 0.875. The molecular weight excluding hydrogens is 182 g/mol. The Balaban J connectivity index is 2.56. The molecule has 1 rings (SSSR count). The van der Waals surface area contributed by atoms with E-state index >= 15 is 0 Å². The molecule has 4 heteroatoms. The van der Waals surface area contributed by atoms with E-state index in [1.165, 1.54) is 6.26 Å². The molecule has 0 aliphatic heterocycles. The molecule has 4 nitrogen and oxygen atoms in total. The highest BCUT2D eigenvalue weighted by Gasteiger charge is 2.16. The zero-order valence-electron chi connectivity index (χ0n) is 8.88. The SMILES string of the molecule is Cc1occc1C(=O)NOC(C)(C)C. The Kier molecular flexibility index (Phi) is 2.96. The van der Waals surface area contributed by atoms with Gasteiger partial charge in [0.05, 0.1) is 17.4 Å². The fourth-order valence-corrected chi connectivity index (χ4v) is 0.875. The van der Waals surface area contributed by atoms with Gasteiger partial charge in [0, 0.05) is 0 Å². The Morgan fingerprint density at radius 1 is 1.50 bits per heavy atom. The number of hydrogen-bond donors (Lipinski definition) is 1. The third kappa shape index (κ3) is 2.88. The molecule has 1 aromatic rings. The van der Waals surface area contributed by atoms with Gasteiger partial charge in [-0.25, -0.2) is 5.48 Å². The summed E-state index contributed by atoms with van der Waals surface area (Å²) in [5.74, 6) is 0.297. The molecule has 1 N–H and O–H groups in total. The molecule has 0 saturated heterocycles. The van der Waals surface area contributed by atoms with Crippen LogP contribution in [0.3, 0.4) is 0 Å². The highest BCUT2D eigenvalue weighted by atomic mass is 16.7. The lowest BCUT2D eigenvalue weighted by Crippen LogP contribution is -2.33. The van der Waals surface area contributed by atoms with Crippen LogP contribution >= 0.6 is 0 Å². The van der Waals surface area contributed by atoms with Crippen LogP contribution in [0.4, 0.5) is 0 Å². The monoisotopic (exact) mass is 197 g/mol. The Morgan fingerprint density at radius 3 is 2.57 bits per heavy atom. The van der Waals surface area contributed by atoms with Crippen molar-refractivity contribution < 1.29 is 14.0 Å². The summed E-state index contributed by atoms with van der Waals surface area (Å²) < 4.78 is 5.00. The van der Waals surface area contributed by atoms with Gasteiger partial charge in [0.25, 0.3) is 5.91 Å². The van der Waals surface area contributed by atoms with E-state index in [1.54, 1.807) is 13.0 Å². The average molecular weight is 197 g/mol. The molecule has 1 amide bonds. The predicted octanol–water partition coefficient (Wildman–Crippen LogP) is 2.05. The van der Waals surface area contributed by atoms with Crippen molar-refractivity contribution in [1.29, 1.82) is 0 Å². The zero-order valence-corrected chi connectivity index (χ0v) is 8.88. The molecule has 0 aliphatic carbocycles. The molecule has 1 aromatic heterocycles. The Hall–Kier alpha value is -1.29. The van der Waals surface area contributed by atoms with Crippen LogP contribution in [0.2, 0.25) is 0 Å². The Bertz CT molecular complexity index is 322. The van der Waals surface area contributed by atoms with Crippen molar-refractivity contribution >= 4 is 5.91 Å². The van der Waals surface area contributed by atoms with Crippen LogP contribution < -0.4 is 5.48 Å². The van der Waals surface area contributed by atoms with Crippen molar-refractivity contribution in [2.45, 2.75) is 33.3 Å². The fraction of sp³-hybridized carbons (Fsp3) is 0.500. The number of hydrogen-bond acceptors (Lipinski definition) is 3. The number of furan rings is 1. The van der Waals surface area contributed by atoms with Crippen molar-refractivity contribution in [2.24, 2.45) is 0 Å². The Labute approximate surface area is 83.2 Å². The highest BCUT2D eigenvalue weighted by molar-refractivity contribution is 5.94. The van der Waals surface area contributed by atoms with Gasteiger partial charge < -0.3 is 4.42 Å². The number of carbonyl (C=O) groups is 1. The number of nitrogens with one attached hydrogen (secondary N) is 1. The first-order chi connectivity index (χ1) is 6.40. The smallest absolute Gasteiger partial charge is 0.278 e. The van der Waals surface area contributed by atoms with Crippen molar-refractivity contribution in [1.82, 2.24) is 5.48 Å². The van der Waals surface area contributed by atoms with Crippen molar-refractivity contribution in [3.8, 4) is 0 Å². The van der Waals surface area contributed by atoms with E-state index in [-0.39, 0.29) is 5.91 Å². The lowest BCUT2D eigenvalue weighted by atomic mass is 10.2. The minimum Gasteiger partial charge on any atom is -0.469 e. The lowest BCUT2D eigenvalue weighted by molar-refractivity contribution is -0.0590. The summed E-state index contributed by atoms with van der Waals surface area (Å²) in [4.78, 5) is 16.6. The van der Waals surface area contributed by atoms with Crippen molar-refractivity contribution in [2.75, 3.05) is 0 Å². The third-order valence-electron chi connectivity index (χ3n) is 1.55. The lowest BCUT2D eigenvalue weighted by Gasteiger charge is -2.18. The molecule has 0 spiro atoms. The van der Waals surface area contributed by atoms with Gasteiger partial charge in [-0.1, -0.05) is 0 Å². The van der Waals surface area contributed by atoms with Crippen LogP contribution in [0.25, 0.3) is 0 Å². The second kappa shape index (κ2) is 3.84. The number of amides is 1. The van der Waals surface area contributed by atoms with E-state index in [1.807, 2.05) is 20.8 Å². The molecule has 1 heterocycles. The van der Waals surface area contributed by atoms with Crippen LogP contribution in [0.1, 0.15) is 36.9 Å². The highest BCUT2D eigenvalue weighted by Crippen LogP contribution is 2.09. The van der Waals surface area contributed by atoms with E-state index in [0.29, 0.717) is 11.3 Å². The van der Waals surface area contributed by atoms with E-state index in [0.717, 1.165) is 0 Å². The summed E-state index contributed by atoms with van der Waals surface area (Å²) in [6.07, 6.45) is 1.47. The number of aryl methyl sites for hydroxylation is 1. The topological polar surface area (TPSA) is 51.5 Å². The van der Waals surface area contributed by atoms with Crippen LogP contribution in [0.15, 0.2) is 16.7 Å². The molecule has 14 heavy (non-hydrogen) atoms. The molecule has 0 atom stereocenters. The first-order valence-electron chi connectivity index (χ1n) is 4.42. The second-order valence-electron chi connectivity index (χ2n) is 4.04. The molecule has 0 aliphatic rings. The molecule has 0 saturated carbocycles. The van der Waals surface area contributed by atoms with Crippen LogP contribution in [-0.4, -0.2) is 11.5 Å². The average Bonchev–Trinajstić information content (AvgIpc) is 2.46. The van der Waals surface area contributed by atoms with Gasteiger partial charge in [0.2, 0.25) is 0 Å². The summed E-state index contributed by atoms with van der Waals surface area (Å²) in [7, 11) is 0. The van der Waals surface area contributed by atoms with Crippen LogP contribution in [0, 0.1) is 6.92 Å². The maximum absolute atomic E-state index is 11.5. The van der Waals surface area contributed by atoms with E-state index < -0.39 is 5.60 Å². The maximum atomic E-state index is 11.5. The van der Waals surface area contributed by atoms with E-state index in [2.05, 4.69) is 5.48 Å². The van der Waals surface area contributed by atoms with E-state index in [4.69, 9.17) is 9.25 Å². The molecule has 0 bridgehead atoms.